The molecule has 0 heterocycles. The molecule has 0 spiro atoms. The Kier molecular flexibility index (Phi) is 5.03. The largest absolute Gasteiger partial charge is 0.351 e. The minimum atomic E-state index is -0.715. The predicted molar refractivity (Wildman–Crippen MR) is 45.3 cm³/mol. The zero-order valence-electron chi connectivity index (χ0n) is 7.25. The number of carbonyl (C=O) groups excluding carboxylic acids is 2. The third-order valence-electron chi connectivity index (χ3n) is 1.55. The van der Waals surface area contributed by atoms with Gasteiger partial charge in [0.15, 0.2) is 0 Å². The van der Waals surface area contributed by atoms with Crippen molar-refractivity contribution in [1.82, 2.24) is 4.90 Å². The van der Waals surface area contributed by atoms with E-state index in [1.165, 1.54) is 7.05 Å². The van der Waals surface area contributed by atoms with Crippen molar-refractivity contribution in [2.75, 3.05) is 13.6 Å². The van der Waals surface area contributed by atoms with Gasteiger partial charge in [-0.15, -0.1) is 0 Å². The Morgan fingerprint density at radius 2 is 1.92 bits per heavy atom. The maximum atomic E-state index is 11.0. The van der Waals surface area contributed by atoms with Crippen molar-refractivity contribution < 1.29 is 9.59 Å². The average Bonchev–Trinajstić information content (AvgIpc) is 2.03. The van der Waals surface area contributed by atoms with Crippen LogP contribution in [0.5, 0.6) is 0 Å². The number of rotatable bonds is 4. The summed E-state index contributed by atoms with van der Waals surface area (Å²) in [5, 5.41) is 0. The highest BCUT2D eigenvalue weighted by molar-refractivity contribution is 5.93. The molecule has 0 aliphatic carbocycles. The Labute approximate surface area is 71.7 Å². The number of nitrogens with two attached hydrogens (primary N) is 2. The lowest BCUT2D eigenvalue weighted by atomic mass is 10.2. The highest BCUT2D eigenvalue weighted by Gasteiger charge is 2.11. The Hall–Kier alpha value is -1.10. The zero-order chi connectivity index (χ0) is 9.56. The second kappa shape index (κ2) is 5.54. The molecule has 3 amide bonds. The molecule has 0 aliphatic rings. The monoisotopic (exact) mass is 173 g/mol. The molecule has 0 saturated carbocycles. The molecule has 0 fully saturated rings. The number of unbranched alkanes of at least 4 members (excludes halogenated alkanes) is 1. The Bertz CT molecular complexity index is 170. The summed E-state index contributed by atoms with van der Waals surface area (Å²) in [6.45, 7) is 0.563. The molecule has 0 rings (SSSR count). The van der Waals surface area contributed by atoms with Crippen LogP contribution in [0.2, 0.25) is 0 Å². The van der Waals surface area contributed by atoms with Crippen LogP contribution in [0.15, 0.2) is 0 Å². The summed E-state index contributed by atoms with van der Waals surface area (Å²) in [5.74, 6) is -0.254. The number of nitrogens with zero attached hydrogens (tertiary/aromatic N) is 1. The molecule has 0 aromatic heterocycles. The van der Waals surface area contributed by atoms with E-state index in [-0.39, 0.29) is 5.91 Å². The van der Waals surface area contributed by atoms with Crippen LogP contribution in [0.3, 0.4) is 0 Å². The van der Waals surface area contributed by atoms with Gasteiger partial charge < -0.3 is 11.5 Å². The van der Waals surface area contributed by atoms with Gasteiger partial charge in [0, 0.05) is 13.5 Å². The van der Waals surface area contributed by atoms with Crippen molar-refractivity contribution in [3.05, 3.63) is 0 Å². The number of primary amides is 1. The summed E-state index contributed by atoms with van der Waals surface area (Å²) in [5.41, 5.74) is 10.1. The Balaban J connectivity index is 3.65. The zero-order valence-corrected chi connectivity index (χ0v) is 7.25. The smallest absolute Gasteiger partial charge is 0.321 e. The maximum absolute atomic E-state index is 11.0. The Morgan fingerprint density at radius 3 is 2.33 bits per heavy atom. The topological polar surface area (TPSA) is 89.4 Å². The van der Waals surface area contributed by atoms with Crippen LogP contribution in [-0.2, 0) is 4.79 Å². The van der Waals surface area contributed by atoms with Gasteiger partial charge in [0.1, 0.15) is 0 Å². The second-order valence-corrected chi connectivity index (χ2v) is 2.54. The molecule has 70 valence electrons. The van der Waals surface area contributed by atoms with Crippen molar-refractivity contribution in [3.8, 4) is 0 Å². The highest BCUT2D eigenvalue weighted by Crippen LogP contribution is 1.97. The van der Waals surface area contributed by atoms with Gasteiger partial charge in [0.05, 0.1) is 0 Å². The van der Waals surface area contributed by atoms with Crippen LogP contribution in [0.4, 0.5) is 4.79 Å². The standard InChI is InChI=1S/C7H15N3O2/c1-10(7(9)12)6(11)4-2-3-5-8/h2-5,8H2,1H3,(H2,9,12). The van der Waals surface area contributed by atoms with Crippen molar-refractivity contribution in [1.29, 1.82) is 0 Å². The van der Waals surface area contributed by atoms with E-state index in [1.807, 2.05) is 0 Å². The first-order valence-electron chi connectivity index (χ1n) is 3.85. The van der Waals surface area contributed by atoms with Gasteiger partial charge in [0.2, 0.25) is 5.91 Å². The number of amides is 3. The SMILES string of the molecule is CN(C(N)=O)C(=O)CCCCN. The summed E-state index contributed by atoms with van der Waals surface area (Å²) < 4.78 is 0. The van der Waals surface area contributed by atoms with Crippen molar-refractivity contribution in [2.24, 2.45) is 11.5 Å². The second-order valence-electron chi connectivity index (χ2n) is 2.54. The summed E-state index contributed by atoms with van der Waals surface area (Å²) in [4.78, 5) is 22.4. The molecule has 0 aromatic carbocycles. The van der Waals surface area contributed by atoms with E-state index in [0.29, 0.717) is 19.4 Å². The third kappa shape index (κ3) is 3.92. The van der Waals surface area contributed by atoms with Crippen LogP contribution < -0.4 is 11.5 Å². The molecule has 0 bridgehead atoms. The fourth-order valence-electron chi connectivity index (χ4n) is 0.711. The van der Waals surface area contributed by atoms with Crippen LogP contribution in [0.1, 0.15) is 19.3 Å². The quantitative estimate of drug-likeness (QED) is 0.569. The third-order valence-corrected chi connectivity index (χ3v) is 1.55. The van der Waals surface area contributed by atoms with Gasteiger partial charge >= 0.3 is 6.03 Å². The van der Waals surface area contributed by atoms with Gasteiger partial charge in [-0.05, 0) is 19.4 Å². The van der Waals surface area contributed by atoms with Crippen LogP contribution in [0, 0.1) is 0 Å². The number of carbonyl (C=O) groups is 2. The van der Waals surface area contributed by atoms with E-state index < -0.39 is 6.03 Å². The van der Waals surface area contributed by atoms with E-state index in [1.54, 1.807) is 0 Å². The van der Waals surface area contributed by atoms with Gasteiger partial charge in [-0.3, -0.25) is 9.69 Å². The normalized spacial score (nSPS) is 9.50. The number of urea groups is 1. The van der Waals surface area contributed by atoms with E-state index in [4.69, 9.17) is 11.5 Å². The van der Waals surface area contributed by atoms with Crippen LogP contribution in [0.25, 0.3) is 0 Å². The fraction of sp³-hybridized carbons (Fsp3) is 0.714. The summed E-state index contributed by atoms with van der Waals surface area (Å²) in [6.07, 6.45) is 1.82. The summed E-state index contributed by atoms with van der Waals surface area (Å²) in [7, 11) is 1.37. The van der Waals surface area contributed by atoms with E-state index in [0.717, 1.165) is 11.3 Å². The van der Waals surface area contributed by atoms with Gasteiger partial charge in [-0.25, -0.2) is 4.79 Å². The molecule has 0 atom stereocenters. The molecular weight excluding hydrogens is 158 g/mol. The molecular formula is C7H15N3O2. The lowest BCUT2D eigenvalue weighted by Gasteiger charge is -2.11. The first-order chi connectivity index (χ1) is 5.59. The highest BCUT2D eigenvalue weighted by atomic mass is 16.2. The fourth-order valence-corrected chi connectivity index (χ4v) is 0.711. The van der Waals surface area contributed by atoms with Crippen LogP contribution in [-0.4, -0.2) is 30.4 Å². The molecule has 5 nitrogen and oxygen atoms in total. The molecule has 0 radical (unpaired) electrons. The van der Waals surface area contributed by atoms with Gasteiger partial charge in [-0.1, -0.05) is 0 Å². The molecule has 0 aliphatic heterocycles. The average molecular weight is 173 g/mol. The molecule has 12 heavy (non-hydrogen) atoms. The van der Waals surface area contributed by atoms with E-state index >= 15 is 0 Å². The number of hydrogen-bond donors (Lipinski definition) is 2. The number of imide groups is 1. The first-order valence-corrected chi connectivity index (χ1v) is 3.85. The summed E-state index contributed by atoms with van der Waals surface area (Å²) in [6, 6.07) is -0.715. The molecule has 0 aromatic rings. The molecule has 4 N–H and O–H groups in total. The first kappa shape index (κ1) is 10.9. The molecule has 0 unspecified atom stereocenters. The van der Waals surface area contributed by atoms with E-state index in [2.05, 4.69) is 0 Å². The Morgan fingerprint density at radius 1 is 1.33 bits per heavy atom. The van der Waals surface area contributed by atoms with Gasteiger partial charge in [0.25, 0.3) is 0 Å². The predicted octanol–water partition coefficient (Wildman–Crippen LogP) is -0.347. The molecule has 5 heteroatoms. The van der Waals surface area contributed by atoms with Crippen molar-refractivity contribution >= 4 is 11.9 Å². The minimum absolute atomic E-state index is 0.254. The maximum Gasteiger partial charge on any atom is 0.321 e. The lowest BCUT2D eigenvalue weighted by Crippen LogP contribution is -2.37. The number of hydrogen-bond acceptors (Lipinski definition) is 3. The van der Waals surface area contributed by atoms with Crippen molar-refractivity contribution in [2.45, 2.75) is 19.3 Å². The minimum Gasteiger partial charge on any atom is -0.351 e. The van der Waals surface area contributed by atoms with Crippen LogP contribution >= 0.6 is 0 Å². The van der Waals surface area contributed by atoms with Gasteiger partial charge in [-0.2, -0.15) is 0 Å². The lowest BCUT2D eigenvalue weighted by molar-refractivity contribution is -0.127. The van der Waals surface area contributed by atoms with Crippen molar-refractivity contribution in [3.63, 3.8) is 0 Å². The van der Waals surface area contributed by atoms with E-state index in [9.17, 15) is 9.59 Å². The molecule has 0 saturated heterocycles. The summed E-state index contributed by atoms with van der Waals surface area (Å²) >= 11 is 0.